The average molecular weight is 219 g/mol. The molecule has 4 heteroatoms. The molecule has 0 spiro atoms. The molecule has 0 amide bonds. The lowest BCUT2D eigenvalue weighted by atomic mass is 10.2. The van der Waals surface area contributed by atoms with E-state index in [1.807, 2.05) is 25.1 Å². The van der Waals surface area contributed by atoms with Gasteiger partial charge in [0.25, 0.3) is 0 Å². The van der Waals surface area contributed by atoms with E-state index in [0.29, 0.717) is 18.2 Å². The summed E-state index contributed by atoms with van der Waals surface area (Å²) in [5, 5.41) is 0. The van der Waals surface area contributed by atoms with Crippen molar-refractivity contribution in [1.82, 2.24) is 4.98 Å². The Kier molecular flexibility index (Phi) is 3.10. The largest absolute Gasteiger partial charge is 0.493 e. The molecule has 0 aliphatic carbocycles. The Morgan fingerprint density at radius 2 is 2.19 bits per heavy atom. The second-order valence-electron chi connectivity index (χ2n) is 3.14. The van der Waals surface area contributed by atoms with Crippen molar-refractivity contribution in [3.63, 3.8) is 0 Å². The molecule has 1 heterocycles. The molecule has 0 aliphatic heterocycles. The highest BCUT2D eigenvalue weighted by molar-refractivity contribution is 5.59. The van der Waals surface area contributed by atoms with Crippen molar-refractivity contribution in [3.8, 4) is 23.0 Å². The van der Waals surface area contributed by atoms with Gasteiger partial charge in [0.05, 0.1) is 19.9 Å². The zero-order valence-electron chi connectivity index (χ0n) is 9.27. The van der Waals surface area contributed by atoms with Crippen molar-refractivity contribution < 1.29 is 13.9 Å². The third-order valence-corrected chi connectivity index (χ3v) is 2.14. The lowest BCUT2D eigenvalue weighted by Gasteiger charge is -2.09. The van der Waals surface area contributed by atoms with Crippen LogP contribution in [0.3, 0.4) is 0 Å². The van der Waals surface area contributed by atoms with Crippen LogP contribution in [0.5, 0.6) is 11.5 Å². The van der Waals surface area contributed by atoms with E-state index in [1.54, 1.807) is 13.3 Å². The number of oxazole rings is 1. The highest BCUT2D eigenvalue weighted by Gasteiger charge is 2.08. The highest BCUT2D eigenvalue weighted by atomic mass is 16.5. The third-order valence-electron chi connectivity index (χ3n) is 2.14. The molecule has 2 rings (SSSR count). The summed E-state index contributed by atoms with van der Waals surface area (Å²) in [5.41, 5.74) is 0.866. The first-order valence-corrected chi connectivity index (χ1v) is 5.06. The molecule has 0 unspecified atom stereocenters. The molecule has 0 N–H and O–H groups in total. The Bertz CT molecular complexity index is 451. The number of methoxy groups -OCH3 is 1. The maximum atomic E-state index is 5.42. The monoisotopic (exact) mass is 219 g/mol. The van der Waals surface area contributed by atoms with Gasteiger partial charge in [-0.1, -0.05) is 0 Å². The second-order valence-corrected chi connectivity index (χ2v) is 3.14. The fourth-order valence-electron chi connectivity index (χ4n) is 1.44. The molecular formula is C12H13NO3. The standard InChI is InChI=1S/C12H13NO3/c1-3-15-10-5-4-9(8-11(10)14-2)12-13-6-7-16-12/h4-8H,3H2,1-2H3. The lowest BCUT2D eigenvalue weighted by Crippen LogP contribution is -1.95. The van der Waals surface area contributed by atoms with Crippen LogP contribution in [0.4, 0.5) is 0 Å². The van der Waals surface area contributed by atoms with E-state index >= 15 is 0 Å². The summed E-state index contributed by atoms with van der Waals surface area (Å²) in [4.78, 5) is 4.07. The van der Waals surface area contributed by atoms with Crippen LogP contribution in [0.1, 0.15) is 6.92 Å². The maximum absolute atomic E-state index is 5.42. The Balaban J connectivity index is 2.36. The van der Waals surface area contributed by atoms with Gasteiger partial charge in [0.15, 0.2) is 11.5 Å². The summed E-state index contributed by atoms with van der Waals surface area (Å²) in [6.07, 6.45) is 3.15. The second kappa shape index (κ2) is 4.70. The van der Waals surface area contributed by atoms with Gasteiger partial charge in [-0.3, -0.25) is 0 Å². The van der Waals surface area contributed by atoms with Crippen molar-refractivity contribution in [2.45, 2.75) is 6.92 Å². The van der Waals surface area contributed by atoms with Crippen LogP contribution in [0.15, 0.2) is 35.1 Å². The fourth-order valence-corrected chi connectivity index (χ4v) is 1.44. The fraction of sp³-hybridized carbons (Fsp3) is 0.250. The zero-order chi connectivity index (χ0) is 11.4. The molecule has 0 atom stereocenters. The number of rotatable bonds is 4. The minimum absolute atomic E-state index is 0.571. The first-order chi connectivity index (χ1) is 7.85. The van der Waals surface area contributed by atoms with E-state index in [4.69, 9.17) is 13.9 Å². The van der Waals surface area contributed by atoms with Gasteiger partial charge < -0.3 is 13.9 Å². The molecule has 1 aromatic heterocycles. The molecule has 0 fully saturated rings. The SMILES string of the molecule is CCOc1ccc(-c2ncco2)cc1OC. The first kappa shape index (κ1) is 10.5. The molecule has 0 saturated carbocycles. The lowest BCUT2D eigenvalue weighted by molar-refractivity contribution is 0.311. The van der Waals surface area contributed by atoms with Crippen LogP contribution in [0, 0.1) is 0 Å². The van der Waals surface area contributed by atoms with Crippen LogP contribution < -0.4 is 9.47 Å². The summed E-state index contributed by atoms with van der Waals surface area (Å²) >= 11 is 0. The number of benzene rings is 1. The van der Waals surface area contributed by atoms with E-state index in [1.165, 1.54) is 6.26 Å². The summed E-state index contributed by atoms with van der Waals surface area (Å²) in [7, 11) is 1.61. The van der Waals surface area contributed by atoms with E-state index < -0.39 is 0 Å². The van der Waals surface area contributed by atoms with Gasteiger partial charge in [0.1, 0.15) is 6.26 Å². The van der Waals surface area contributed by atoms with Crippen LogP contribution in [0.2, 0.25) is 0 Å². The van der Waals surface area contributed by atoms with Crippen LogP contribution in [0.25, 0.3) is 11.5 Å². The summed E-state index contributed by atoms with van der Waals surface area (Å²) in [6.45, 7) is 2.54. The molecular weight excluding hydrogens is 206 g/mol. The number of nitrogens with zero attached hydrogens (tertiary/aromatic N) is 1. The van der Waals surface area contributed by atoms with Crippen LogP contribution in [-0.4, -0.2) is 18.7 Å². The van der Waals surface area contributed by atoms with Crippen molar-refractivity contribution in [1.29, 1.82) is 0 Å². The van der Waals surface area contributed by atoms with Crippen molar-refractivity contribution >= 4 is 0 Å². The van der Waals surface area contributed by atoms with Crippen molar-refractivity contribution in [3.05, 3.63) is 30.7 Å². The Hall–Kier alpha value is -1.97. The topological polar surface area (TPSA) is 44.5 Å². The third kappa shape index (κ3) is 2.00. The van der Waals surface area contributed by atoms with Gasteiger partial charge >= 0.3 is 0 Å². The summed E-state index contributed by atoms with van der Waals surface area (Å²) in [5.74, 6) is 1.97. The van der Waals surface area contributed by atoms with Gasteiger partial charge in [0, 0.05) is 5.56 Å². The quantitative estimate of drug-likeness (QED) is 0.793. The van der Waals surface area contributed by atoms with Gasteiger partial charge in [-0.15, -0.1) is 0 Å². The normalized spacial score (nSPS) is 10.1. The van der Waals surface area contributed by atoms with Crippen molar-refractivity contribution in [2.24, 2.45) is 0 Å². The Labute approximate surface area is 93.8 Å². The van der Waals surface area contributed by atoms with E-state index in [-0.39, 0.29) is 0 Å². The van der Waals surface area contributed by atoms with Crippen molar-refractivity contribution in [2.75, 3.05) is 13.7 Å². The molecule has 0 bridgehead atoms. The van der Waals surface area contributed by atoms with E-state index in [2.05, 4.69) is 4.98 Å². The van der Waals surface area contributed by atoms with Gasteiger partial charge in [-0.05, 0) is 25.1 Å². The number of hydrogen-bond acceptors (Lipinski definition) is 4. The smallest absolute Gasteiger partial charge is 0.225 e. The molecule has 4 nitrogen and oxygen atoms in total. The molecule has 2 aromatic rings. The molecule has 84 valence electrons. The number of hydrogen-bond donors (Lipinski definition) is 0. The van der Waals surface area contributed by atoms with Gasteiger partial charge in [-0.25, -0.2) is 4.98 Å². The molecule has 0 radical (unpaired) electrons. The number of ether oxygens (including phenoxy) is 2. The van der Waals surface area contributed by atoms with Gasteiger partial charge in [-0.2, -0.15) is 0 Å². The van der Waals surface area contributed by atoms with E-state index in [0.717, 1.165) is 11.3 Å². The van der Waals surface area contributed by atoms with Crippen LogP contribution in [-0.2, 0) is 0 Å². The zero-order valence-corrected chi connectivity index (χ0v) is 9.27. The summed E-state index contributed by atoms with van der Waals surface area (Å²) in [6, 6.07) is 5.58. The first-order valence-electron chi connectivity index (χ1n) is 5.06. The Morgan fingerprint density at radius 1 is 1.31 bits per heavy atom. The van der Waals surface area contributed by atoms with Gasteiger partial charge in [0.2, 0.25) is 5.89 Å². The minimum Gasteiger partial charge on any atom is -0.493 e. The predicted molar refractivity (Wildman–Crippen MR) is 59.7 cm³/mol. The molecule has 16 heavy (non-hydrogen) atoms. The number of aromatic nitrogens is 1. The molecule has 1 aromatic carbocycles. The van der Waals surface area contributed by atoms with Crippen LogP contribution >= 0.6 is 0 Å². The maximum Gasteiger partial charge on any atom is 0.225 e. The van der Waals surface area contributed by atoms with E-state index in [9.17, 15) is 0 Å². The average Bonchev–Trinajstić information content (AvgIpc) is 2.83. The highest BCUT2D eigenvalue weighted by Crippen LogP contribution is 2.31. The Morgan fingerprint density at radius 3 is 2.81 bits per heavy atom. The predicted octanol–water partition coefficient (Wildman–Crippen LogP) is 2.75. The summed E-state index contributed by atoms with van der Waals surface area (Å²) < 4.78 is 15.9. The minimum atomic E-state index is 0.571. The molecule has 0 saturated heterocycles. The molecule has 0 aliphatic rings.